The van der Waals surface area contributed by atoms with Gasteiger partial charge in [-0.2, -0.15) is 0 Å². The van der Waals surface area contributed by atoms with Crippen LogP contribution in [0.5, 0.6) is 0 Å². The minimum Gasteiger partial charge on any atom is -0.369 e. The fraction of sp³-hybridized carbons (Fsp3) is 0.714. The number of likely N-dealkylation sites (tertiary alicyclic amines) is 1. The van der Waals surface area contributed by atoms with Crippen molar-refractivity contribution in [1.82, 2.24) is 9.80 Å². The molecule has 3 aliphatic rings. The first kappa shape index (κ1) is 17.8. The molecule has 3 nitrogen and oxygen atoms in total. The van der Waals surface area contributed by atoms with Gasteiger partial charge in [0.15, 0.2) is 0 Å². The van der Waals surface area contributed by atoms with Crippen LogP contribution < -0.4 is 4.90 Å². The van der Waals surface area contributed by atoms with Crippen LogP contribution in [0.3, 0.4) is 0 Å². The summed E-state index contributed by atoms with van der Waals surface area (Å²) in [6.45, 7) is 12.7. The first-order valence-corrected chi connectivity index (χ1v) is 10.1. The summed E-state index contributed by atoms with van der Waals surface area (Å²) in [5.74, 6) is 0. The molecule has 0 N–H and O–H groups in total. The van der Waals surface area contributed by atoms with E-state index in [0.717, 1.165) is 5.41 Å². The van der Waals surface area contributed by atoms with E-state index < -0.39 is 0 Å². The average Bonchev–Trinajstić information content (AvgIpc) is 2.64. The third kappa shape index (κ3) is 4.12. The van der Waals surface area contributed by atoms with Crippen molar-refractivity contribution in [1.29, 1.82) is 0 Å². The molecule has 0 aromatic heterocycles. The minimum absolute atomic E-state index is 0.726. The van der Waals surface area contributed by atoms with Crippen molar-refractivity contribution < 1.29 is 0 Å². The quantitative estimate of drug-likeness (QED) is 0.828. The van der Waals surface area contributed by atoms with Crippen LogP contribution in [0.4, 0.5) is 5.69 Å². The van der Waals surface area contributed by atoms with Gasteiger partial charge in [-0.05, 0) is 30.4 Å². The van der Waals surface area contributed by atoms with Crippen LogP contribution in [0.15, 0.2) is 30.3 Å². The molecule has 1 saturated carbocycles. The number of hydrogen-bond donors (Lipinski definition) is 0. The number of benzene rings is 1. The molecule has 4 rings (SSSR count). The molecule has 0 amide bonds. The maximum Gasteiger partial charge on any atom is 0.0508 e. The van der Waals surface area contributed by atoms with E-state index in [4.69, 9.17) is 0 Å². The predicted molar refractivity (Wildman–Crippen MR) is 104 cm³/mol. The lowest BCUT2D eigenvalue weighted by molar-refractivity contribution is -0.0581. The maximum atomic E-state index is 2.68. The number of piperazine rings is 1. The van der Waals surface area contributed by atoms with Gasteiger partial charge in [-0.15, -0.1) is 0 Å². The molecule has 24 heavy (non-hydrogen) atoms. The SMILES string of the molecule is CC.c1ccc(N2CCN(CN3CC4(CCCCC4)C3)CC2)cc1. The van der Waals surface area contributed by atoms with E-state index in [2.05, 4.69) is 45.0 Å². The highest BCUT2D eigenvalue weighted by Crippen LogP contribution is 2.43. The van der Waals surface area contributed by atoms with Gasteiger partial charge in [-0.25, -0.2) is 0 Å². The van der Waals surface area contributed by atoms with Gasteiger partial charge in [0.25, 0.3) is 0 Å². The fourth-order valence-corrected chi connectivity index (χ4v) is 4.69. The van der Waals surface area contributed by atoms with Crippen molar-refractivity contribution in [2.45, 2.75) is 46.0 Å². The lowest BCUT2D eigenvalue weighted by Crippen LogP contribution is -2.61. The summed E-state index contributed by atoms with van der Waals surface area (Å²) < 4.78 is 0. The Morgan fingerprint density at radius 2 is 1.42 bits per heavy atom. The van der Waals surface area contributed by atoms with Gasteiger partial charge in [0.05, 0.1) is 6.67 Å². The smallest absolute Gasteiger partial charge is 0.0508 e. The van der Waals surface area contributed by atoms with E-state index in [1.807, 2.05) is 13.8 Å². The zero-order valence-electron chi connectivity index (χ0n) is 15.7. The van der Waals surface area contributed by atoms with Crippen LogP contribution >= 0.6 is 0 Å². The molecule has 1 aromatic carbocycles. The van der Waals surface area contributed by atoms with Crippen molar-refractivity contribution in [3.63, 3.8) is 0 Å². The molecule has 0 atom stereocenters. The summed E-state index contributed by atoms with van der Waals surface area (Å²) in [5, 5.41) is 0. The lowest BCUT2D eigenvalue weighted by atomic mass is 9.69. The summed E-state index contributed by atoms with van der Waals surface area (Å²) in [7, 11) is 0. The highest BCUT2D eigenvalue weighted by molar-refractivity contribution is 5.46. The lowest BCUT2D eigenvalue weighted by Gasteiger charge is -2.54. The van der Waals surface area contributed by atoms with Crippen LogP contribution in [0, 0.1) is 5.41 Å². The summed E-state index contributed by atoms with van der Waals surface area (Å²) in [5.41, 5.74) is 2.11. The molecule has 1 aliphatic carbocycles. The highest BCUT2D eigenvalue weighted by atomic mass is 15.4. The Bertz CT molecular complexity index is 465. The molecule has 2 heterocycles. The predicted octanol–water partition coefficient (Wildman–Crippen LogP) is 4.06. The van der Waals surface area contributed by atoms with Gasteiger partial charge in [0.1, 0.15) is 0 Å². The third-order valence-electron chi connectivity index (χ3n) is 5.93. The van der Waals surface area contributed by atoms with Crippen molar-refractivity contribution in [3.05, 3.63) is 30.3 Å². The van der Waals surface area contributed by atoms with Crippen LogP contribution in [-0.2, 0) is 0 Å². The summed E-state index contributed by atoms with van der Waals surface area (Å²) >= 11 is 0. The number of hydrogen-bond acceptors (Lipinski definition) is 3. The third-order valence-corrected chi connectivity index (χ3v) is 5.93. The van der Waals surface area contributed by atoms with E-state index in [9.17, 15) is 0 Å². The molecule has 0 unspecified atom stereocenters. The second kappa shape index (κ2) is 8.35. The summed E-state index contributed by atoms with van der Waals surface area (Å²) in [4.78, 5) is 7.86. The van der Waals surface area contributed by atoms with Crippen LogP contribution in [0.1, 0.15) is 46.0 Å². The zero-order valence-corrected chi connectivity index (χ0v) is 15.7. The Morgan fingerprint density at radius 1 is 0.792 bits per heavy atom. The molecule has 0 bridgehead atoms. The normalized spacial score (nSPS) is 24.2. The van der Waals surface area contributed by atoms with Gasteiger partial charge in [-0.3, -0.25) is 9.80 Å². The molecule has 134 valence electrons. The molecule has 1 spiro atoms. The first-order valence-electron chi connectivity index (χ1n) is 10.1. The molecule has 3 heteroatoms. The fourth-order valence-electron chi connectivity index (χ4n) is 4.69. The second-order valence-corrected chi connectivity index (χ2v) is 7.63. The van der Waals surface area contributed by atoms with Gasteiger partial charge < -0.3 is 4.90 Å². The standard InChI is InChI=1S/C19H29N3.C2H6/c1-3-7-18(8-4-1)22-13-11-20(12-14-22)17-21-15-19(16-21)9-5-2-6-10-19;1-2/h1,3-4,7-8H,2,5-6,9-17H2;1-2H3. The first-order chi connectivity index (χ1) is 11.8. The molecule has 3 fully saturated rings. The second-order valence-electron chi connectivity index (χ2n) is 7.63. The number of para-hydroxylation sites is 1. The number of nitrogens with zero attached hydrogens (tertiary/aromatic N) is 3. The van der Waals surface area contributed by atoms with Gasteiger partial charge >= 0.3 is 0 Å². The maximum absolute atomic E-state index is 2.68. The minimum atomic E-state index is 0.726. The molecule has 1 aromatic rings. The van der Waals surface area contributed by atoms with Gasteiger partial charge in [0.2, 0.25) is 0 Å². The zero-order chi connectivity index (χ0) is 16.8. The number of anilines is 1. The Morgan fingerprint density at radius 3 is 2.04 bits per heavy atom. The Balaban J connectivity index is 0.000000815. The summed E-state index contributed by atoms with van der Waals surface area (Å²) in [6.07, 6.45) is 7.41. The van der Waals surface area contributed by atoms with Crippen LogP contribution in [0.25, 0.3) is 0 Å². The Hall–Kier alpha value is -1.06. The summed E-state index contributed by atoms with van der Waals surface area (Å²) in [6, 6.07) is 10.9. The molecule has 2 saturated heterocycles. The van der Waals surface area contributed by atoms with Crippen molar-refractivity contribution >= 4 is 5.69 Å². The molecule has 2 aliphatic heterocycles. The van der Waals surface area contributed by atoms with Crippen LogP contribution in [0.2, 0.25) is 0 Å². The Kier molecular flexibility index (Phi) is 6.18. The molecular formula is C21H35N3. The van der Waals surface area contributed by atoms with Gasteiger partial charge in [-0.1, -0.05) is 51.3 Å². The van der Waals surface area contributed by atoms with Gasteiger partial charge in [0, 0.05) is 45.0 Å². The number of rotatable bonds is 3. The van der Waals surface area contributed by atoms with E-state index >= 15 is 0 Å². The van der Waals surface area contributed by atoms with Crippen molar-refractivity contribution in [2.24, 2.45) is 5.41 Å². The van der Waals surface area contributed by atoms with E-state index in [1.165, 1.54) is 83.7 Å². The van der Waals surface area contributed by atoms with E-state index in [0.29, 0.717) is 0 Å². The Labute approximate surface area is 148 Å². The van der Waals surface area contributed by atoms with E-state index in [1.54, 1.807) is 0 Å². The van der Waals surface area contributed by atoms with E-state index in [-0.39, 0.29) is 0 Å². The topological polar surface area (TPSA) is 9.72 Å². The largest absolute Gasteiger partial charge is 0.369 e. The monoisotopic (exact) mass is 329 g/mol. The van der Waals surface area contributed by atoms with Crippen molar-refractivity contribution in [2.75, 3.05) is 50.8 Å². The molecular weight excluding hydrogens is 294 g/mol. The molecule has 0 radical (unpaired) electrons. The highest BCUT2D eigenvalue weighted by Gasteiger charge is 2.43. The average molecular weight is 330 g/mol. The van der Waals surface area contributed by atoms with Crippen molar-refractivity contribution in [3.8, 4) is 0 Å². The van der Waals surface area contributed by atoms with Crippen LogP contribution in [-0.4, -0.2) is 55.7 Å².